The van der Waals surface area contributed by atoms with Crippen LogP contribution in [0.25, 0.3) is 25.5 Å². The molecule has 1 heterocycles. The number of diazo groups is 1. The Balaban J connectivity index is 2.35. The summed E-state index contributed by atoms with van der Waals surface area (Å²) in [5.41, 5.74) is 1.75. The summed E-state index contributed by atoms with van der Waals surface area (Å²) in [7, 11) is 0. The lowest BCUT2D eigenvalue weighted by Crippen LogP contribution is -1.69. The largest absolute Gasteiger partial charge is 0.411 e. The minimum atomic E-state index is 0.664. The van der Waals surface area contributed by atoms with Gasteiger partial charge in [-0.3, -0.25) is 0 Å². The van der Waals surface area contributed by atoms with E-state index in [2.05, 4.69) is 4.98 Å². The zero-order valence-electron chi connectivity index (χ0n) is 9.00. The van der Waals surface area contributed by atoms with E-state index in [0.717, 1.165) is 20.5 Å². The Kier molecular flexibility index (Phi) is 2.36. The fraction of sp³-hybridized carbons (Fsp3) is 0. The number of rotatable bonds is 1. The molecule has 3 heteroatoms. The van der Waals surface area contributed by atoms with Gasteiger partial charge in [-0.05, 0) is 17.7 Å². The van der Waals surface area contributed by atoms with Gasteiger partial charge in [0.05, 0.1) is 5.39 Å². The van der Waals surface area contributed by atoms with Gasteiger partial charge in [0.1, 0.15) is 4.88 Å². The normalized spacial score (nSPS) is 10.3. The average molecular weight is 237 g/mol. The minimum absolute atomic E-state index is 0.664. The summed E-state index contributed by atoms with van der Waals surface area (Å²) in [5, 5.41) is 10.2. The van der Waals surface area contributed by atoms with E-state index >= 15 is 0 Å². The van der Waals surface area contributed by atoms with Gasteiger partial charge in [-0.1, -0.05) is 42.5 Å². The highest BCUT2D eigenvalue weighted by molar-refractivity contribution is 7.23. The van der Waals surface area contributed by atoms with Crippen LogP contribution < -0.4 is 0 Å². The first-order valence-electron chi connectivity index (χ1n) is 5.32. The van der Waals surface area contributed by atoms with E-state index in [1.807, 2.05) is 54.6 Å². The number of fused-ring (bicyclic) bond motifs is 1. The number of hydrogen-bond donors (Lipinski definition) is 0. The summed E-state index contributed by atoms with van der Waals surface area (Å²) in [6.07, 6.45) is 0. The molecular formula is C14H9N2S+. The molecule has 0 amide bonds. The first kappa shape index (κ1) is 10.0. The van der Waals surface area contributed by atoms with Crippen LogP contribution in [0.3, 0.4) is 0 Å². The van der Waals surface area contributed by atoms with Crippen molar-refractivity contribution in [2.45, 2.75) is 0 Å². The quantitative estimate of drug-likeness (QED) is 0.544. The molecule has 0 aliphatic carbocycles. The summed E-state index contributed by atoms with van der Waals surface area (Å²) < 4.78 is 1.14. The van der Waals surface area contributed by atoms with Crippen LogP contribution in [0.1, 0.15) is 0 Å². The molecule has 2 aromatic carbocycles. The van der Waals surface area contributed by atoms with Gasteiger partial charge in [-0.25, -0.2) is 0 Å². The van der Waals surface area contributed by atoms with Gasteiger partial charge in [0, 0.05) is 4.70 Å². The summed E-state index contributed by atoms with van der Waals surface area (Å²) in [6.45, 7) is 0. The number of hydrogen-bond acceptors (Lipinski definition) is 2. The second-order valence-electron chi connectivity index (χ2n) is 3.74. The van der Waals surface area contributed by atoms with E-state index in [1.54, 1.807) is 11.3 Å². The van der Waals surface area contributed by atoms with Crippen LogP contribution in [0.2, 0.25) is 0 Å². The highest BCUT2D eigenvalue weighted by Gasteiger charge is 2.23. The van der Waals surface area contributed by atoms with Gasteiger partial charge in [-0.15, -0.1) is 11.3 Å². The van der Waals surface area contributed by atoms with Gasteiger partial charge >= 0.3 is 5.69 Å². The third-order valence-corrected chi connectivity index (χ3v) is 3.91. The predicted octanol–water partition coefficient (Wildman–Crippen LogP) is 5.05. The van der Waals surface area contributed by atoms with Crippen LogP contribution in [-0.2, 0) is 0 Å². The molecule has 3 rings (SSSR count). The van der Waals surface area contributed by atoms with Gasteiger partial charge < -0.3 is 0 Å². The maximum atomic E-state index is 9.20. The average Bonchev–Trinajstić information content (AvgIpc) is 2.78. The van der Waals surface area contributed by atoms with E-state index in [-0.39, 0.29) is 0 Å². The number of nitrogens with zero attached hydrogens (tertiary/aromatic N) is 2. The Hall–Kier alpha value is -2.18. The van der Waals surface area contributed by atoms with Crippen molar-refractivity contribution in [3.05, 3.63) is 59.6 Å². The Morgan fingerprint density at radius 2 is 1.59 bits per heavy atom. The molecule has 0 unspecified atom stereocenters. The highest BCUT2D eigenvalue weighted by Crippen LogP contribution is 2.44. The van der Waals surface area contributed by atoms with Crippen LogP contribution in [0.4, 0.5) is 5.69 Å². The molecule has 2 nitrogen and oxygen atoms in total. The smallest absolute Gasteiger partial charge is 0.127 e. The first-order chi connectivity index (χ1) is 8.40. The lowest BCUT2D eigenvalue weighted by atomic mass is 10.1. The molecule has 0 atom stereocenters. The van der Waals surface area contributed by atoms with Crippen molar-refractivity contribution in [1.82, 2.24) is 0 Å². The number of benzene rings is 2. The van der Waals surface area contributed by atoms with Crippen molar-refractivity contribution in [3.8, 4) is 10.4 Å². The molecule has 0 aliphatic heterocycles. The SMILES string of the molecule is N#[N+]c1c(-c2ccccc2)sc2ccccc12. The lowest BCUT2D eigenvalue weighted by Gasteiger charge is -1.91. The maximum absolute atomic E-state index is 9.20. The maximum Gasteiger partial charge on any atom is 0.411 e. The van der Waals surface area contributed by atoms with Crippen LogP contribution >= 0.6 is 11.3 Å². The summed E-state index contributed by atoms with van der Waals surface area (Å²) in [6, 6.07) is 18.0. The summed E-state index contributed by atoms with van der Waals surface area (Å²) in [4.78, 5) is 4.45. The summed E-state index contributed by atoms with van der Waals surface area (Å²) in [5.74, 6) is 0. The zero-order valence-corrected chi connectivity index (χ0v) is 9.82. The van der Waals surface area contributed by atoms with E-state index in [4.69, 9.17) is 0 Å². The molecule has 1 aromatic heterocycles. The molecule has 0 aliphatic rings. The molecule has 0 fully saturated rings. The van der Waals surface area contributed by atoms with Crippen molar-refractivity contribution >= 4 is 27.1 Å². The van der Waals surface area contributed by atoms with Crippen LogP contribution in [0.15, 0.2) is 54.6 Å². The monoisotopic (exact) mass is 237 g/mol. The van der Waals surface area contributed by atoms with Crippen molar-refractivity contribution in [1.29, 1.82) is 5.39 Å². The standard InChI is InChI=1S/C14H9N2S/c15-16-13-11-8-4-5-9-12(11)17-14(13)10-6-2-1-3-7-10/h1-9H/q+1. The van der Waals surface area contributed by atoms with Crippen molar-refractivity contribution in [3.63, 3.8) is 0 Å². The Morgan fingerprint density at radius 3 is 2.35 bits per heavy atom. The molecule has 3 aromatic rings. The first-order valence-corrected chi connectivity index (χ1v) is 6.14. The van der Waals surface area contributed by atoms with E-state index in [0.29, 0.717) is 5.69 Å². The minimum Gasteiger partial charge on any atom is -0.127 e. The molecule has 0 bridgehead atoms. The molecule has 0 spiro atoms. The Labute approximate surface area is 103 Å². The van der Waals surface area contributed by atoms with E-state index in [1.165, 1.54) is 0 Å². The Morgan fingerprint density at radius 1 is 0.882 bits per heavy atom. The van der Waals surface area contributed by atoms with Crippen LogP contribution in [-0.4, -0.2) is 0 Å². The summed E-state index contributed by atoms with van der Waals surface area (Å²) >= 11 is 1.65. The van der Waals surface area contributed by atoms with Gasteiger partial charge in [0.25, 0.3) is 0 Å². The third-order valence-electron chi connectivity index (χ3n) is 2.71. The van der Waals surface area contributed by atoms with Crippen LogP contribution in [0.5, 0.6) is 0 Å². The van der Waals surface area contributed by atoms with E-state index in [9.17, 15) is 5.39 Å². The molecule has 0 N–H and O–H groups in total. The predicted molar refractivity (Wildman–Crippen MR) is 72.0 cm³/mol. The molecule has 0 radical (unpaired) electrons. The van der Waals surface area contributed by atoms with Gasteiger partial charge in [0.15, 0.2) is 4.98 Å². The molecular weight excluding hydrogens is 228 g/mol. The van der Waals surface area contributed by atoms with Gasteiger partial charge in [-0.2, -0.15) is 0 Å². The van der Waals surface area contributed by atoms with Crippen molar-refractivity contribution in [2.75, 3.05) is 0 Å². The van der Waals surface area contributed by atoms with E-state index < -0.39 is 0 Å². The zero-order chi connectivity index (χ0) is 11.7. The fourth-order valence-corrected chi connectivity index (χ4v) is 3.06. The second-order valence-corrected chi connectivity index (χ2v) is 4.79. The molecule has 17 heavy (non-hydrogen) atoms. The molecule has 0 saturated carbocycles. The lowest BCUT2D eigenvalue weighted by molar-refractivity contribution is 1.48. The van der Waals surface area contributed by atoms with Crippen LogP contribution in [0, 0.1) is 5.39 Å². The Bertz CT molecular complexity index is 708. The fourth-order valence-electron chi connectivity index (χ4n) is 1.92. The van der Waals surface area contributed by atoms with Crippen molar-refractivity contribution < 1.29 is 0 Å². The van der Waals surface area contributed by atoms with Gasteiger partial charge in [0.2, 0.25) is 5.39 Å². The highest BCUT2D eigenvalue weighted by atomic mass is 32.1. The molecule has 0 saturated heterocycles. The number of thiophene rings is 1. The third kappa shape index (κ3) is 1.59. The molecule has 80 valence electrons. The topological polar surface area (TPSA) is 28.1 Å². The van der Waals surface area contributed by atoms with Crippen molar-refractivity contribution in [2.24, 2.45) is 0 Å². The second kappa shape index (κ2) is 4.00.